The molecule has 11 heteroatoms. The van der Waals surface area contributed by atoms with Crippen LogP contribution in [0.3, 0.4) is 0 Å². The van der Waals surface area contributed by atoms with Crippen molar-refractivity contribution in [1.82, 2.24) is 20.0 Å². The van der Waals surface area contributed by atoms with Gasteiger partial charge >= 0.3 is 0 Å². The Morgan fingerprint density at radius 1 is 0.848 bits per heavy atom. The minimum absolute atomic E-state index is 0. The number of hydrogen-bond acceptors (Lipinski definition) is 5. The predicted molar refractivity (Wildman–Crippen MR) is 201 cm³/mol. The number of carbonyl (C=O) groups is 1. The number of likely N-dealkylation sites (N-methyl/N-ethyl adjacent to an activating group) is 1. The molecule has 0 radical (unpaired) electrons. The molecule has 0 spiro atoms. The molecule has 0 saturated carbocycles. The number of nitrogens with one attached hydrogen (secondary N) is 1. The van der Waals surface area contributed by atoms with Gasteiger partial charge in [0.15, 0.2) is 0 Å². The smallest absolute Gasteiger partial charge is 0.240 e. The first kappa shape index (κ1) is 40.4. The number of halogens is 5. The lowest BCUT2D eigenvalue weighted by molar-refractivity contribution is -0.137. The Morgan fingerprint density at radius 2 is 1.48 bits per heavy atom. The molecule has 2 saturated heterocycles. The highest BCUT2D eigenvalue weighted by Gasteiger charge is 2.32. The van der Waals surface area contributed by atoms with Gasteiger partial charge in [-0.3, -0.25) is 14.6 Å². The molecule has 3 heterocycles. The molecule has 46 heavy (non-hydrogen) atoms. The molecule has 2 unspecified atom stereocenters. The van der Waals surface area contributed by atoms with Crippen LogP contribution in [0.15, 0.2) is 72.8 Å². The van der Waals surface area contributed by atoms with Crippen molar-refractivity contribution in [2.75, 3.05) is 57.8 Å². The first-order valence-corrected chi connectivity index (χ1v) is 16.0. The van der Waals surface area contributed by atoms with Gasteiger partial charge in [-0.25, -0.2) is 0 Å². The first-order valence-electron chi connectivity index (χ1n) is 15.6. The van der Waals surface area contributed by atoms with Crippen LogP contribution in [0.2, 0.25) is 5.02 Å². The van der Waals surface area contributed by atoms with Crippen molar-refractivity contribution in [3.63, 3.8) is 0 Å². The summed E-state index contributed by atoms with van der Waals surface area (Å²) in [4.78, 5) is 23.6. The van der Waals surface area contributed by atoms with E-state index >= 15 is 0 Å². The number of hydrogen-bond donors (Lipinski definition) is 1. The third kappa shape index (κ3) is 10.1. The number of rotatable bonds is 9. The van der Waals surface area contributed by atoms with Crippen LogP contribution >= 0.6 is 61.2 Å². The Bertz CT molecular complexity index is 1350. The average Bonchev–Trinajstić information content (AvgIpc) is 3.54. The second-order valence-electron chi connectivity index (χ2n) is 12.3. The molecule has 1 amide bonds. The largest absolute Gasteiger partial charge is 0.368 e. The van der Waals surface area contributed by atoms with Gasteiger partial charge in [-0.15, -0.1) is 49.6 Å². The molecule has 0 aromatic heterocycles. The van der Waals surface area contributed by atoms with E-state index in [0.717, 1.165) is 62.8 Å². The number of anilines is 1. The first-order chi connectivity index (χ1) is 20.5. The number of benzene rings is 3. The van der Waals surface area contributed by atoms with E-state index in [1.165, 1.54) is 48.3 Å². The van der Waals surface area contributed by atoms with Crippen LogP contribution in [0.4, 0.5) is 5.69 Å². The molecule has 0 bridgehead atoms. The fourth-order valence-electron chi connectivity index (χ4n) is 6.91. The molecule has 6 nitrogen and oxygen atoms in total. The Labute approximate surface area is 304 Å². The second-order valence-corrected chi connectivity index (χ2v) is 12.7. The topological polar surface area (TPSA) is 42.1 Å². The van der Waals surface area contributed by atoms with Crippen molar-refractivity contribution in [3.8, 4) is 0 Å². The van der Waals surface area contributed by atoms with Gasteiger partial charge < -0.3 is 15.1 Å². The lowest BCUT2D eigenvalue weighted by Gasteiger charge is -2.40. The van der Waals surface area contributed by atoms with Crippen molar-refractivity contribution < 1.29 is 4.79 Å². The zero-order chi connectivity index (χ0) is 28.9. The van der Waals surface area contributed by atoms with Crippen molar-refractivity contribution in [3.05, 3.63) is 100 Å². The summed E-state index contributed by atoms with van der Waals surface area (Å²) in [5.41, 5.74) is 6.67. The summed E-state index contributed by atoms with van der Waals surface area (Å²) in [6.07, 6.45) is 4.27. The van der Waals surface area contributed by atoms with Gasteiger partial charge in [0.25, 0.3) is 0 Å². The van der Waals surface area contributed by atoms with Gasteiger partial charge in [0.05, 0.1) is 6.04 Å². The molecule has 1 N–H and O–H groups in total. The predicted octanol–water partition coefficient (Wildman–Crippen LogP) is 6.53. The van der Waals surface area contributed by atoms with Crippen LogP contribution in [0.25, 0.3) is 0 Å². The van der Waals surface area contributed by atoms with Gasteiger partial charge in [-0.1, -0.05) is 66.2 Å². The number of amides is 1. The average molecular weight is 732 g/mol. The second kappa shape index (κ2) is 19.3. The minimum atomic E-state index is -0.223. The zero-order valence-corrected chi connectivity index (χ0v) is 30.5. The highest BCUT2D eigenvalue weighted by Crippen LogP contribution is 2.26. The van der Waals surface area contributed by atoms with Gasteiger partial charge in [0, 0.05) is 62.6 Å². The van der Waals surface area contributed by atoms with E-state index in [1.807, 2.05) is 12.1 Å². The molecular weight excluding hydrogens is 684 g/mol. The SMILES string of the molecule is CN(CC1Cc2ccccc2CN1)C(Cc1ccc(Cl)cc1)C(=O)N1CCN(c2ccccc2CN2CCCC2)CC1.Cl.Cl.Cl.Cl. The summed E-state index contributed by atoms with van der Waals surface area (Å²) in [6, 6.07) is 25.6. The molecule has 0 aliphatic carbocycles. The summed E-state index contributed by atoms with van der Waals surface area (Å²) in [5.74, 6) is 0.230. The maximum atomic E-state index is 14.2. The number of fused-ring (bicyclic) bond motifs is 1. The van der Waals surface area contributed by atoms with Crippen molar-refractivity contribution in [2.24, 2.45) is 0 Å². The molecular formula is C35H48Cl5N5O. The number of piperazine rings is 1. The van der Waals surface area contributed by atoms with Gasteiger partial charge in [0.2, 0.25) is 5.91 Å². The summed E-state index contributed by atoms with van der Waals surface area (Å²) in [5, 5.41) is 4.43. The van der Waals surface area contributed by atoms with Gasteiger partial charge in [-0.05, 0) is 86.3 Å². The zero-order valence-electron chi connectivity index (χ0n) is 26.5. The fourth-order valence-corrected chi connectivity index (χ4v) is 7.04. The molecule has 254 valence electrons. The standard InChI is InChI=1S/C35H44ClN5O.4ClH/c1-38(26-32-23-28-8-2-3-9-29(28)24-37-32)34(22-27-12-14-31(36)15-13-27)35(42)41-20-18-40(19-21-41)33-11-5-4-10-30(33)25-39-16-6-7-17-39;;;;/h2-5,8-15,32,34,37H,6-7,16-26H2,1H3;4*1H. The van der Waals surface area contributed by atoms with Crippen LogP contribution in [0.1, 0.15) is 35.1 Å². The number of likely N-dealkylation sites (tertiary alicyclic amines) is 1. The van der Waals surface area contributed by atoms with Crippen molar-refractivity contribution in [1.29, 1.82) is 0 Å². The Kier molecular flexibility index (Phi) is 17.0. The molecule has 6 rings (SSSR count). The normalized spacial score (nSPS) is 18.4. The van der Waals surface area contributed by atoms with E-state index in [-0.39, 0.29) is 61.6 Å². The van der Waals surface area contributed by atoms with E-state index < -0.39 is 0 Å². The van der Waals surface area contributed by atoms with Crippen molar-refractivity contribution in [2.45, 2.75) is 50.9 Å². The Balaban J connectivity index is 0.00000184. The van der Waals surface area contributed by atoms with E-state index in [0.29, 0.717) is 12.5 Å². The highest BCUT2D eigenvalue weighted by atomic mass is 35.5. The van der Waals surface area contributed by atoms with Crippen LogP contribution in [0, 0.1) is 0 Å². The summed E-state index contributed by atoms with van der Waals surface area (Å²) in [7, 11) is 2.12. The molecule has 2 fully saturated rings. The van der Waals surface area contributed by atoms with Crippen molar-refractivity contribution >= 4 is 72.8 Å². The molecule has 2 atom stereocenters. The lowest BCUT2D eigenvalue weighted by Crippen LogP contribution is -2.57. The van der Waals surface area contributed by atoms with E-state index in [4.69, 9.17) is 11.6 Å². The van der Waals surface area contributed by atoms with E-state index in [9.17, 15) is 4.79 Å². The fraction of sp³-hybridized carbons (Fsp3) is 0.457. The maximum Gasteiger partial charge on any atom is 0.240 e. The van der Waals surface area contributed by atoms with Gasteiger partial charge in [0.1, 0.15) is 0 Å². The summed E-state index contributed by atoms with van der Waals surface area (Å²) in [6.45, 7) is 8.33. The molecule has 3 aliphatic rings. The third-order valence-electron chi connectivity index (χ3n) is 9.35. The Morgan fingerprint density at radius 3 is 2.17 bits per heavy atom. The van der Waals surface area contributed by atoms with E-state index in [1.54, 1.807) is 0 Å². The molecule has 3 aliphatic heterocycles. The highest BCUT2D eigenvalue weighted by molar-refractivity contribution is 6.30. The number of carbonyl (C=O) groups excluding carboxylic acids is 1. The monoisotopic (exact) mass is 729 g/mol. The number of para-hydroxylation sites is 1. The van der Waals surface area contributed by atoms with Crippen LogP contribution in [0.5, 0.6) is 0 Å². The maximum absolute atomic E-state index is 14.2. The lowest BCUT2D eigenvalue weighted by atomic mass is 9.95. The Hall–Kier alpha value is -1.74. The third-order valence-corrected chi connectivity index (χ3v) is 9.60. The summed E-state index contributed by atoms with van der Waals surface area (Å²) >= 11 is 6.19. The van der Waals surface area contributed by atoms with E-state index in [2.05, 4.69) is 92.6 Å². The van der Waals surface area contributed by atoms with Crippen LogP contribution in [-0.4, -0.2) is 85.6 Å². The molecule has 3 aromatic rings. The number of nitrogens with zero attached hydrogens (tertiary/aromatic N) is 4. The minimum Gasteiger partial charge on any atom is -0.368 e. The van der Waals surface area contributed by atoms with Gasteiger partial charge in [-0.2, -0.15) is 0 Å². The van der Waals surface area contributed by atoms with Crippen LogP contribution in [-0.2, 0) is 30.7 Å². The quantitative estimate of drug-likeness (QED) is 0.271. The molecule has 3 aromatic carbocycles. The van der Waals surface area contributed by atoms with Crippen LogP contribution < -0.4 is 10.2 Å². The summed E-state index contributed by atoms with van der Waals surface area (Å²) < 4.78 is 0.